The first kappa shape index (κ1) is 21.3. The second-order valence-corrected chi connectivity index (χ2v) is 8.11. The molecule has 3 rings (SSSR count). The van der Waals surface area contributed by atoms with E-state index in [1.54, 1.807) is 6.20 Å². The van der Waals surface area contributed by atoms with E-state index in [1.165, 1.54) is 11.1 Å². The molecule has 0 radical (unpaired) electrons. The quantitative estimate of drug-likeness (QED) is 0.747. The fraction of sp³-hybridized carbons (Fsp3) is 0.478. The number of pyridine rings is 1. The molecule has 0 spiro atoms. The van der Waals surface area contributed by atoms with Gasteiger partial charge >= 0.3 is 6.03 Å². The van der Waals surface area contributed by atoms with E-state index in [-0.39, 0.29) is 6.03 Å². The van der Waals surface area contributed by atoms with Gasteiger partial charge in [-0.05, 0) is 50.2 Å². The Bertz CT molecular complexity index is 780. The van der Waals surface area contributed by atoms with Crippen LogP contribution >= 0.6 is 0 Å². The molecule has 2 heterocycles. The van der Waals surface area contributed by atoms with Gasteiger partial charge in [0.25, 0.3) is 0 Å². The summed E-state index contributed by atoms with van der Waals surface area (Å²) >= 11 is 0. The zero-order chi connectivity index (χ0) is 20.6. The first-order valence-electron chi connectivity index (χ1n) is 10.4. The van der Waals surface area contributed by atoms with Gasteiger partial charge in [-0.1, -0.05) is 30.3 Å². The molecule has 0 aliphatic carbocycles. The number of carbonyl (C=O) groups is 1. The summed E-state index contributed by atoms with van der Waals surface area (Å²) in [5.41, 5.74) is 3.90. The van der Waals surface area contributed by atoms with Gasteiger partial charge in [-0.3, -0.25) is 9.88 Å². The van der Waals surface area contributed by atoms with Crippen LogP contribution in [0.4, 0.5) is 4.79 Å². The maximum atomic E-state index is 12.9. The minimum absolute atomic E-state index is 0.0139. The number of benzene rings is 1. The predicted octanol–water partition coefficient (Wildman–Crippen LogP) is 2.60. The van der Waals surface area contributed by atoms with Crippen molar-refractivity contribution in [1.29, 1.82) is 0 Å². The van der Waals surface area contributed by atoms with E-state index in [0.717, 1.165) is 31.6 Å². The molecule has 1 aromatic carbocycles. The molecule has 156 valence electrons. The zero-order valence-electron chi connectivity index (χ0n) is 17.8. The van der Waals surface area contributed by atoms with Crippen molar-refractivity contribution >= 4 is 6.03 Å². The van der Waals surface area contributed by atoms with Crippen LogP contribution in [-0.2, 0) is 19.5 Å². The Morgan fingerprint density at radius 1 is 1.17 bits per heavy atom. The average molecular weight is 396 g/mol. The number of rotatable bonds is 8. The number of amides is 2. The molecule has 0 fully saturated rings. The number of aromatic nitrogens is 1. The lowest BCUT2D eigenvalue weighted by Crippen LogP contribution is -2.48. The van der Waals surface area contributed by atoms with Crippen molar-refractivity contribution in [2.45, 2.75) is 32.5 Å². The molecule has 1 N–H and O–H groups in total. The van der Waals surface area contributed by atoms with Gasteiger partial charge in [-0.2, -0.15) is 0 Å². The molecule has 1 unspecified atom stereocenters. The Hall–Kier alpha value is -2.44. The third-order valence-corrected chi connectivity index (χ3v) is 5.53. The Labute approximate surface area is 174 Å². The number of hydrogen-bond donors (Lipinski definition) is 1. The van der Waals surface area contributed by atoms with Crippen molar-refractivity contribution in [3.8, 4) is 0 Å². The molecule has 2 amide bonds. The highest BCUT2D eigenvalue weighted by Gasteiger charge is 2.22. The number of urea groups is 1. The van der Waals surface area contributed by atoms with Crippen LogP contribution in [0, 0.1) is 0 Å². The number of nitrogens with one attached hydrogen (secondary N) is 1. The molecule has 0 bridgehead atoms. The largest absolute Gasteiger partial charge is 0.336 e. The number of likely N-dealkylation sites (N-methyl/N-ethyl adjacent to an activating group) is 1. The summed E-state index contributed by atoms with van der Waals surface area (Å²) in [6.07, 6.45) is 4.65. The van der Waals surface area contributed by atoms with Crippen LogP contribution in [0.25, 0.3) is 0 Å². The highest BCUT2D eigenvalue weighted by molar-refractivity contribution is 5.74. The molecule has 0 saturated heterocycles. The normalized spacial score (nSPS) is 15.0. The van der Waals surface area contributed by atoms with Crippen LogP contribution in [-0.4, -0.2) is 72.0 Å². The Morgan fingerprint density at radius 2 is 1.97 bits per heavy atom. The van der Waals surface area contributed by atoms with Crippen molar-refractivity contribution < 1.29 is 4.79 Å². The van der Waals surface area contributed by atoms with Crippen LogP contribution in [0.3, 0.4) is 0 Å². The van der Waals surface area contributed by atoms with Gasteiger partial charge in [-0.25, -0.2) is 4.79 Å². The molecule has 29 heavy (non-hydrogen) atoms. The van der Waals surface area contributed by atoms with Gasteiger partial charge in [-0.15, -0.1) is 0 Å². The summed E-state index contributed by atoms with van der Waals surface area (Å²) in [5.74, 6) is 0. The van der Waals surface area contributed by atoms with Gasteiger partial charge in [0.15, 0.2) is 0 Å². The molecule has 6 heteroatoms. The van der Waals surface area contributed by atoms with E-state index >= 15 is 0 Å². The van der Waals surface area contributed by atoms with Gasteiger partial charge in [0.1, 0.15) is 0 Å². The van der Waals surface area contributed by atoms with Gasteiger partial charge in [0, 0.05) is 57.7 Å². The first-order valence-corrected chi connectivity index (χ1v) is 10.4. The predicted molar refractivity (Wildman–Crippen MR) is 117 cm³/mol. The van der Waals surface area contributed by atoms with E-state index in [0.29, 0.717) is 25.7 Å². The fourth-order valence-electron chi connectivity index (χ4n) is 3.65. The summed E-state index contributed by atoms with van der Waals surface area (Å²) < 4.78 is 0. The van der Waals surface area contributed by atoms with Crippen molar-refractivity contribution in [3.63, 3.8) is 0 Å². The summed E-state index contributed by atoms with van der Waals surface area (Å²) in [6, 6.07) is 12.9. The van der Waals surface area contributed by atoms with Crippen LogP contribution in [0.15, 0.2) is 48.8 Å². The van der Waals surface area contributed by atoms with Crippen molar-refractivity contribution in [3.05, 3.63) is 65.5 Å². The molecule has 0 saturated carbocycles. The van der Waals surface area contributed by atoms with Crippen LogP contribution < -0.4 is 5.32 Å². The smallest absolute Gasteiger partial charge is 0.317 e. The Kier molecular flexibility index (Phi) is 7.61. The third-order valence-electron chi connectivity index (χ3n) is 5.53. The molecule has 1 aliphatic rings. The Morgan fingerprint density at radius 3 is 2.69 bits per heavy atom. The topological polar surface area (TPSA) is 51.7 Å². The summed E-state index contributed by atoms with van der Waals surface area (Å²) in [5, 5.41) is 3.15. The standard InChI is InChI=1S/C23H33N5O/c1-19(27-12-10-21-8-4-5-9-22(21)18-27)15-25-23(29)28(14-13-26(2)3)17-20-7-6-11-24-16-20/h4-9,11,16,19H,10,12-15,17-18H2,1-3H3,(H,25,29). The van der Waals surface area contributed by atoms with Gasteiger partial charge in [0.05, 0.1) is 0 Å². The van der Waals surface area contributed by atoms with Crippen molar-refractivity contribution in [1.82, 2.24) is 25.0 Å². The summed E-state index contributed by atoms with van der Waals surface area (Å²) in [4.78, 5) is 23.5. The molecule has 2 aromatic rings. The molecular formula is C23H33N5O. The molecule has 6 nitrogen and oxygen atoms in total. The third kappa shape index (κ3) is 6.27. The molecule has 1 aromatic heterocycles. The lowest BCUT2D eigenvalue weighted by Gasteiger charge is -2.34. The maximum absolute atomic E-state index is 12.9. The van der Waals surface area contributed by atoms with E-state index in [4.69, 9.17) is 0 Å². The van der Waals surface area contributed by atoms with E-state index in [9.17, 15) is 4.79 Å². The van der Waals surface area contributed by atoms with Gasteiger partial charge in [0.2, 0.25) is 0 Å². The number of carbonyl (C=O) groups excluding carboxylic acids is 1. The zero-order valence-corrected chi connectivity index (χ0v) is 17.8. The number of fused-ring (bicyclic) bond motifs is 1. The SMILES string of the molecule is CC(CNC(=O)N(CCN(C)C)Cc1cccnc1)N1CCc2ccccc2C1. The minimum atomic E-state index is -0.0139. The summed E-state index contributed by atoms with van der Waals surface area (Å²) in [7, 11) is 4.05. The van der Waals surface area contributed by atoms with E-state index in [2.05, 4.69) is 51.3 Å². The maximum Gasteiger partial charge on any atom is 0.317 e. The average Bonchev–Trinajstić information content (AvgIpc) is 2.75. The second kappa shape index (κ2) is 10.4. The highest BCUT2D eigenvalue weighted by Crippen LogP contribution is 2.20. The van der Waals surface area contributed by atoms with Crippen molar-refractivity contribution in [2.75, 3.05) is 40.3 Å². The molecule has 1 aliphatic heterocycles. The first-order chi connectivity index (χ1) is 14.0. The van der Waals surface area contributed by atoms with E-state index < -0.39 is 0 Å². The van der Waals surface area contributed by atoms with Crippen LogP contribution in [0.5, 0.6) is 0 Å². The van der Waals surface area contributed by atoms with Crippen LogP contribution in [0.2, 0.25) is 0 Å². The highest BCUT2D eigenvalue weighted by atomic mass is 16.2. The molecule has 1 atom stereocenters. The van der Waals surface area contributed by atoms with Crippen molar-refractivity contribution in [2.24, 2.45) is 0 Å². The number of hydrogen-bond acceptors (Lipinski definition) is 4. The minimum Gasteiger partial charge on any atom is -0.336 e. The number of nitrogens with zero attached hydrogens (tertiary/aromatic N) is 4. The Balaban J connectivity index is 1.54. The summed E-state index contributed by atoms with van der Waals surface area (Å²) in [6.45, 7) is 6.90. The van der Waals surface area contributed by atoms with Crippen LogP contribution in [0.1, 0.15) is 23.6 Å². The molecular weight excluding hydrogens is 362 g/mol. The lowest BCUT2D eigenvalue weighted by molar-refractivity contribution is 0.168. The van der Waals surface area contributed by atoms with Gasteiger partial charge < -0.3 is 15.1 Å². The monoisotopic (exact) mass is 395 g/mol. The lowest BCUT2D eigenvalue weighted by atomic mass is 9.99. The fourth-order valence-corrected chi connectivity index (χ4v) is 3.65. The second-order valence-electron chi connectivity index (χ2n) is 8.11. The van der Waals surface area contributed by atoms with E-state index in [1.807, 2.05) is 37.3 Å².